The van der Waals surface area contributed by atoms with Gasteiger partial charge in [0.25, 0.3) is 5.56 Å². The van der Waals surface area contributed by atoms with Crippen LogP contribution in [-0.4, -0.2) is 93.1 Å². The molecule has 0 bridgehead atoms. The number of carbonyl (C=O) groups is 4. The first kappa shape index (κ1) is 41.9. The third-order valence-corrected chi connectivity index (χ3v) is 11.8. The van der Waals surface area contributed by atoms with Gasteiger partial charge in [0.05, 0.1) is 49.1 Å². The molecule has 2 saturated heterocycles. The number of amides is 4. The maximum atomic E-state index is 14.0. The van der Waals surface area contributed by atoms with E-state index in [-0.39, 0.29) is 40.7 Å². The molecule has 2 aliphatic rings. The number of nitrogens with zero attached hydrogens (tertiary/aromatic N) is 4. The minimum atomic E-state index is -0.810. The number of carbonyl (C=O) groups excluding carboxylic acids is 4. The molecule has 15 nitrogen and oxygen atoms in total. The fourth-order valence-corrected chi connectivity index (χ4v) is 8.56. The Kier molecular flexibility index (Phi) is 11.7. The molecule has 4 amide bonds. The third-order valence-electron chi connectivity index (χ3n) is 11.8. The lowest BCUT2D eigenvalue weighted by molar-refractivity contribution is -0.136. The minimum absolute atomic E-state index is 0.124. The molecule has 4 N–H and O–H groups in total. The molecule has 0 spiro atoms. The van der Waals surface area contributed by atoms with E-state index in [1.54, 1.807) is 22.1 Å². The number of fused-ring (bicyclic) bond motifs is 2. The summed E-state index contributed by atoms with van der Waals surface area (Å²) >= 11 is 0. The number of imidazole rings is 1. The van der Waals surface area contributed by atoms with Crippen molar-refractivity contribution in [3.63, 3.8) is 0 Å². The van der Waals surface area contributed by atoms with Gasteiger partial charge in [-0.05, 0) is 82.7 Å². The van der Waals surface area contributed by atoms with E-state index in [0.717, 1.165) is 46.0 Å². The predicted octanol–water partition coefficient (Wildman–Crippen LogP) is 6.86. The molecule has 0 aliphatic carbocycles. The molecular formula is C45H54N8O7. The van der Waals surface area contributed by atoms with Crippen molar-refractivity contribution in [2.24, 2.45) is 17.3 Å². The first-order chi connectivity index (χ1) is 28.6. The van der Waals surface area contributed by atoms with Crippen LogP contribution in [0.15, 0.2) is 65.6 Å². The van der Waals surface area contributed by atoms with Crippen LogP contribution in [0.4, 0.5) is 9.59 Å². The summed E-state index contributed by atoms with van der Waals surface area (Å²) < 4.78 is 9.56. The van der Waals surface area contributed by atoms with Crippen molar-refractivity contribution in [1.82, 2.24) is 40.4 Å². The van der Waals surface area contributed by atoms with Gasteiger partial charge in [-0.2, -0.15) is 0 Å². The highest BCUT2D eigenvalue weighted by Crippen LogP contribution is 2.42. The predicted molar refractivity (Wildman–Crippen MR) is 228 cm³/mol. The van der Waals surface area contributed by atoms with Gasteiger partial charge < -0.3 is 39.9 Å². The fourth-order valence-electron chi connectivity index (χ4n) is 8.56. The number of aromatic nitrogens is 4. The zero-order chi connectivity index (χ0) is 43.0. The molecule has 4 atom stereocenters. The Morgan fingerprint density at radius 3 is 1.98 bits per heavy atom. The van der Waals surface area contributed by atoms with E-state index in [1.807, 2.05) is 52.0 Å². The van der Waals surface area contributed by atoms with Crippen molar-refractivity contribution >= 4 is 45.7 Å². The maximum absolute atomic E-state index is 14.0. The van der Waals surface area contributed by atoms with Gasteiger partial charge >= 0.3 is 12.2 Å². The minimum Gasteiger partial charge on any atom is -0.453 e. The Hall–Kier alpha value is -6.25. The summed E-state index contributed by atoms with van der Waals surface area (Å²) in [4.78, 5) is 84.8. The van der Waals surface area contributed by atoms with Gasteiger partial charge in [0.1, 0.15) is 23.7 Å². The highest BCUT2D eigenvalue weighted by atomic mass is 16.5. The van der Waals surface area contributed by atoms with Crippen molar-refractivity contribution in [3.8, 4) is 22.4 Å². The Morgan fingerprint density at radius 1 is 0.767 bits per heavy atom. The van der Waals surface area contributed by atoms with Gasteiger partial charge in [-0.1, -0.05) is 71.9 Å². The van der Waals surface area contributed by atoms with Crippen LogP contribution >= 0.6 is 0 Å². The lowest BCUT2D eigenvalue weighted by Crippen LogP contribution is -2.51. The SMILES string of the molecule is COC(=O)N[C@H](C(=O)N1CCC[C@H]1c1ncc(-c2ccc3cc(-c4ccc5c(=O)[nH]c([C@@H]6CC(C)(C)CN6C(=O)[C@@H](NC(=O)OC)C(C)C)nc5c4)ccc3c2)[nH]1)C(C)C. The molecular weight excluding hydrogens is 765 g/mol. The number of likely N-dealkylation sites (tertiary alicyclic amines) is 2. The molecule has 0 radical (unpaired) electrons. The van der Waals surface area contributed by atoms with E-state index in [9.17, 15) is 24.0 Å². The second-order valence-electron chi connectivity index (χ2n) is 17.4. The number of rotatable bonds is 10. The number of methoxy groups -OCH3 is 2. The molecule has 3 aromatic carbocycles. The van der Waals surface area contributed by atoms with E-state index in [1.165, 1.54) is 14.2 Å². The normalized spacial score (nSPS) is 18.6. The zero-order valence-electron chi connectivity index (χ0n) is 35.4. The number of H-pyrrole nitrogens is 2. The van der Waals surface area contributed by atoms with Gasteiger partial charge in [0, 0.05) is 18.7 Å². The second-order valence-corrected chi connectivity index (χ2v) is 17.4. The molecule has 5 aromatic rings. The average Bonchev–Trinajstić information content (AvgIpc) is 3.99. The van der Waals surface area contributed by atoms with Crippen molar-refractivity contribution in [2.45, 2.75) is 85.0 Å². The molecule has 60 heavy (non-hydrogen) atoms. The highest BCUT2D eigenvalue weighted by Gasteiger charge is 2.45. The Labute approximate surface area is 348 Å². The van der Waals surface area contributed by atoms with E-state index < -0.39 is 30.3 Å². The van der Waals surface area contributed by atoms with Crippen molar-refractivity contribution in [3.05, 3.63) is 82.8 Å². The zero-order valence-corrected chi connectivity index (χ0v) is 35.4. The maximum Gasteiger partial charge on any atom is 0.407 e. The molecule has 2 fully saturated rings. The van der Waals surface area contributed by atoms with Crippen LogP contribution in [0.5, 0.6) is 0 Å². The Bertz CT molecular complexity index is 2510. The van der Waals surface area contributed by atoms with Crippen LogP contribution in [0.1, 0.15) is 84.5 Å². The van der Waals surface area contributed by atoms with Gasteiger partial charge in [-0.15, -0.1) is 0 Å². The highest BCUT2D eigenvalue weighted by molar-refractivity contribution is 5.92. The summed E-state index contributed by atoms with van der Waals surface area (Å²) in [6, 6.07) is 15.7. The van der Waals surface area contributed by atoms with E-state index in [4.69, 9.17) is 19.4 Å². The van der Waals surface area contributed by atoms with Crippen LogP contribution < -0.4 is 16.2 Å². The Balaban J connectivity index is 1.13. The van der Waals surface area contributed by atoms with Crippen LogP contribution in [-0.2, 0) is 19.1 Å². The quantitative estimate of drug-likeness (QED) is 0.117. The average molecular weight is 819 g/mol. The number of alkyl carbamates (subject to hydrolysis) is 2. The number of aromatic amines is 2. The van der Waals surface area contributed by atoms with Gasteiger partial charge in [-0.25, -0.2) is 19.6 Å². The van der Waals surface area contributed by atoms with Crippen LogP contribution in [0.2, 0.25) is 0 Å². The summed E-state index contributed by atoms with van der Waals surface area (Å²) in [7, 11) is 2.55. The van der Waals surface area contributed by atoms with Gasteiger partial charge in [0.2, 0.25) is 11.8 Å². The van der Waals surface area contributed by atoms with E-state index in [2.05, 4.69) is 58.7 Å². The number of benzene rings is 3. The summed E-state index contributed by atoms with van der Waals surface area (Å²) in [6.45, 7) is 12.7. The summed E-state index contributed by atoms with van der Waals surface area (Å²) in [5.74, 6) is 0.363. The van der Waals surface area contributed by atoms with E-state index in [0.29, 0.717) is 42.1 Å². The molecule has 0 saturated carbocycles. The smallest absolute Gasteiger partial charge is 0.407 e. The van der Waals surface area contributed by atoms with Crippen molar-refractivity contribution < 1.29 is 28.7 Å². The second kappa shape index (κ2) is 16.8. The van der Waals surface area contributed by atoms with Crippen LogP contribution in [0, 0.1) is 17.3 Å². The summed E-state index contributed by atoms with van der Waals surface area (Å²) in [5, 5.41) is 7.86. The van der Waals surface area contributed by atoms with Crippen LogP contribution in [0.25, 0.3) is 44.1 Å². The molecule has 15 heteroatoms. The van der Waals surface area contributed by atoms with E-state index >= 15 is 0 Å². The molecule has 4 heterocycles. The van der Waals surface area contributed by atoms with Crippen molar-refractivity contribution in [2.75, 3.05) is 27.3 Å². The lowest BCUT2D eigenvalue weighted by atomic mass is 9.90. The van der Waals surface area contributed by atoms with Crippen LogP contribution in [0.3, 0.4) is 0 Å². The van der Waals surface area contributed by atoms with Gasteiger partial charge in [-0.3, -0.25) is 14.4 Å². The number of hydrogen-bond donors (Lipinski definition) is 4. The fraction of sp³-hybridized carbons (Fsp3) is 0.444. The first-order valence-electron chi connectivity index (χ1n) is 20.5. The monoisotopic (exact) mass is 818 g/mol. The largest absolute Gasteiger partial charge is 0.453 e. The van der Waals surface area contributed by atoms with Crippen molar-refractivity contribution in [1.29, 1.82) is 0 Å². The molecule has 2 aromatic heterocycles. The third kappa shape index (κ3) is 8.43. The summed E-state index contributed by atoms with van der Waals surface area (Å²) in [6.07, 6.45) is 2.64. The summed E-state index contributed by atoms with van der Waals surface area (Å²) in [5.41, 5.74) is 3.58. The Morgan fingerprint density at radius 2 is 1.35 bits per heavy atom. The molecule has 2 aliphatic heterocycles. The molecule has 7 rings (SSSR count). The molecule has 316 valence electrons. The number of hydrogen-bond acceptors (Lipinski definition) is 9. The van der Waals surface area contributed by atoms with Gasteiger partial charge in [0.15, 0.2) is 0 Å². The lowest BCUT2D eigenvalue weighted by Gasteiger charge is -2.30. The molecule has 0 unspecified atom stereocenters. The number of ether oxygens (including phenoxy) is 2. The first-order valence-corrected chi connectivity index (χ1v) is 20.5. The topological polar surface area (TPSA) is 192 Å². The standard InChI is InChI=1S/C45H54N8O7/c1-24(2)36(49-43(57)59-7)41(55)52-17-9-10-34(52)38-46-22-33(48-38)30-14-13-26-18-27(11-12-28(26)19-30)29-15-16-31-32(20-29)47-39(51-40(31)54)35-21-45(5,6)23-53(35)42(56)37(25(3)4)50-44(58)60-8/h11-16,18-20,22,24-25,34-37H,9-10,17,21,23H2,1-8H3,(H,46,48)(H,49,57)(H,50,58)(H,47,51,54)/t34-,35-,36-,37-/m0/s1. The number of nitrogens with one attached hydrogen (secondary N) is 4.